The van der Waals surface area contributed by atoms with E-state index >= 15 is 0 Å². The molecule has 0 aromatic carbocycles. The Morgan fingerprint density at radius 3 is 1.54 bits per heavy atom. The van der Waals surface area contributed by atoms with Crippen molar-refractivity contribution in [3.8, 4) is 0 Å². The summed E-state index contributed by atoms with van der Waals surface area (Å²) < 4.78 is 15.3. The van der Waals surface area contributed by atoms with E-state index in [0.29, 0.717) is 25.0 Å². The minimum absolute atomic E-state index is 0.0606. The highest BCUT2D eigenvalue weighted by Crippen LogP contribution is 1.98. The molecule has 0 radical (unpaired) electrons. The quantitative estimate of drug-likeness (QED) is 0.592. The largest absolute Gasteiger partial charge is 0.378 e. The molecule has 5 heteroatoms. The van der Waals surface area contributed by atoms with Crippen LogP contribution in [-0.2, 0) is 14.2 Å². The lowest BCUT2D eigenvalue weighted by atomic mass is 10.4. The second-order valence-electron chi connectivity index (χ2n) is 2.56. The molecular formula is C8H16Cl2O3. The Kier molecular flexibility index (Phi) is 9.35. The molecule has 0 saturated carbocycles. The molecule has 0 aliphatic rings. The number of halogens is 2. The maximum atomic E-state index is 5.59. The van der Waals surface area contributed by atoms with Crippen LogP contribution >= 0.6 is 23.2 Å². The number of alkyl halides is 2. The summed E-state index contributed by atoms with van der Waals surface area (Å²) in [5, 5.41) is 0. The number of hydrogen-bond donors (Lipinski definition) is 0. The van der Waals surface area contributed by atoms with Crippen molar-refractivity contribution in [2.75, 3.05) is 39.2 Å². The van der Waals surface area contributed by atoms with Crippen LogP contribution in [0.3, 0.4) is 0 Å². The maximum absolute atomic E-state index is 5.59. The lowest BCUT2D eigenvalue weighted by Gasteiger charge is -2.15. The van der Waals surface area contributed by atoms with Gasteiger partial charge in [-0.3, -0.25) is 0 Å². The Balaban J connectivity index is 3.41. The zero-order valence-electron chi connectivity index (χ0n) is 7.96. The highest BCUT2D eigenvalue weighted by molar-refractivity contribution is 6.18. The standard InChI is InChI=1S/C8H16Cl2O3/c1-11-7(3-9)5-13-6-8(4-10)12-2/h7-8H,3-6H2,1-2H3. The summed E-state index contributed by atoms with van der Waals surface area (Å²) in [5.41, 5.74) is 0. The van der Waals surface area contributed by atoms with Gasteiger partial charge in [0.25, 0.3) is 0 Å². The van der Waals surface area contributed by atoms with E-state index in [9.17, 15) is 0 Å². The third kappa shape index (κ3) is 6.52. The first-order chi connectivity index (χ1) is 6.28. The fourth-order valence-electron chi connectivity index (χ4n) is 0.682. The Hall–Kier alpha value is 0.460. The molecule has 0 saturated heterocycles. The SMILES string of the molecule is COC(CCl)COCC(CCl)OC. The van der Waals surface area contributed by atoms with Gasteiger partial charge in [-0.25, -0.2) is 0 Å². The van der Waals surface area contributed by atoms with E-state index in [4.69, 9.17) is 37.4 Å². The van der Waals surface area contributed by atoms with Gasteiger partial charge in [0.05, 0.1) is 37.2 Å². The van der Waals surface area contributed by atoms with Crippen molar-refractivity contribution >= 4 is 23.2 Å². The lowest BCUT2D eigenvalue weighted by molar-refractivity contribution is -0.0217. The van der Waals surface area contributed by atoms with Crippen molar-refractivity contribution in [3.05, 3.63) is 0 Å². The number of rotatable bonds is 8. The maximum Gasteiger partial charge on any atom is 0.0939 e. The van der Waals surface area contributed by atoms with Gasteiger partial charge in [-0.05, 0) is 0 Å². The lowest BCUT2D eigenvalue weighted by Crippen LogP contribution is -2.25. The molecule has 0 N–H and O–H groups in total. The van der Waals surface area contributed by atoms with Gasteiger partial charge in [-0.2, -0.15) is 0 Å². The van der Waals surface area contributed by atoms with Crippen LogP contribution in [0.4, 0.5) is 0 Å². The minimum Gasteiger partial charge on any atom is -0.378 e. The second kappa shape index (κ2) is 9.03. The summed E-state index contributed by atoms with van der Waals surface area (Å²) in [4.78, 5) is 0. The molecule has 2 atom stereocenters. The highest BCUT2D eigenvalue weighted by atomic mass is 35.5. The number of methoxy groups -OCH3 is 2. The average molecular weight is 231 g/mol. The van der Waals surface area contributed by atoms with Gasteiger partial charge in [0.1, 0.15) is 0 Å². The molecule has 0 aromatic rings. The van der Waals surface area contributed by atoms with Gasteiger partial charge >= 0.3 is 0 Å². The van der Waals surface area contributed by atoms with Crippen LogP contribution in [-0.4, -0.2) is 51.4 Å². The molecule has 0 bridgehead atoms. The molecule has 3 nitrogen and oxygen atoms in total. The van der Waals surface area contributed by atoms with Crippen molar-refractivity contribution in [2.24, 2.45) is 0 Å². The van der Waals surface area contributed by atoms with Crippen molar-refractivity contribution in [1.29, 1.82) is 0 Å². The van der Waals surface area contributed by atoms with Crippen LogP contribution in [0.25, 0.3) is 0 Å². The number of ether oxygens (including phenoxy) is 3. The second-order valence-corrected chi connectivity index (χ2v) is 3.18. The van der Waals surface area contributed by atoms with E-state index in [1.165, 1.54) is 0 Å². The molecule has 0 aromatic heterocycles. The van der Waals surface area contributed by atoms with E-state index in [1.54, 1.807) is 14.2 Å². The molecule has 0 fully saturated rings. The zero-order chi connectivity index (χ0) is 10.1. The summed E-state index contributed by atoms with van der Waals surface area (Å²) in [5.74, 6) is 0.851. The zero-order valence-corrected chi connectivity index (χ0v) is 9.48. The van der Waals surface area contributed by atoms with E-state index in [-0.39, 0.29) is 12.2 Å². The fraction of sp³-hybridized carbons (Fsp3) is 1.00. The molecule has 13 heavy (non-hydrogen) atoms. The van der Waals surface area contributed by atoms with Gasteiger partial charge in [0.15, 0.2) is 0 Å². The van der Waals surface area contributed by atoms with Crippen LogP contribution < -0.4 is 0 Å². The minimum atomic E-state index is -0.0606. The monoisotopic (exact) mass is 230 g/mol. The normalized spacial score (nSPS) is 15.7. The van der Waals surface area contributed by atoms with E-state index in [1.807, 2.05) is 0 Å². The van der Waals surface area contributed by atoms with Crippen LogP contribution in [0, 0.1) is 0 Å². The van der Waals surface area contributed by atoms with E-state index in [2.05, 4.69) is 0 Å². The van der Waals surface area contributed by atoms with Crippen LogP contribution in [0.15, 0.2) is 0 Å². The van der Waals surface area contributed by atoms with Gasteiger partial charge < -0.3 is 14.2 Å². The van der Waals surface area contributed by atoms with Crippen molar-refractivity contribution in [2.45, 2.75) is 12.2 Å². The van der Waals surface area contributed by atoms with Gasteiger partial charge in [0.2, 0.25) is 0 Å². The molecule has 0 heterocycles. The van der Waals surface area contributed by atoms with Crippen LogP contribution in [0.5, 0.6) is 0 Å². The van der Waals surface area contributed by atoms with Crippen molar-refractivity contribution < 1.29 is 14.2 Å². The van der Waals surface area contributed by atoms with Crippen molar-refractivity contribution in [1.82, 2.24) is 0 Å². The molecular weight excluding hydrogens is 215 g/mol. The molecule has 0 amide bonds. The summed E-state index contributed by atoms with van der Waals surface area (Å²) >= 11 is 11.2. The molecule has 0 aliphatic carbocycles. The predicted molar refractivity (Wildman–Crippen MR) is 53.9 cm³/mol. The van der Waals surface area contributed by atoms with E-state index in [0.717, 1.165) is 0 Å². The van der Waals surface area contributed by atoms with Gasteiger partial charge in [-0.1, -0.05) is 0 Å². The molecule has 2 unspecified atom stereocenters. The van der Waals surface area contributed by atoms with Crippen molar-refractivity contribution in [3.63, 3.8) is 0 Å². The summed E-state index contributed by atoms with van der Waals surface area (Å²) in [6.45, 7) is 0.938. The molecule has 0 spiro atoms. The first-order valence-electron chi connectivity index (χ1n) is 4.03. The molecule has 0 aliphatic heterocycles. The average Bonchev–Trinajstić information content (AvgIpc) is 2.19. The van der Waals surface area contributed by atoms with Gasteiger partial charge in [-0.15, -0.1) is 23.2 Å². The summed E-state index contributed by atoms with van der Waals surface area (Å²) in [6, 6.07) is 0. The first-order valence-corrected chi connectivity index (χ1v) is 5.10. The van der Waals surface area contributed by atoms with E-state index < -0.39 is 0 Å². The Morgan fingerprint density at radius 1 is 0.923 bits per heavy atom. The fourth-order valence-corrected chi connectivity index (χ4v) is 1.11. The van der Waals surface area contributed by atoms with Crippen LogP contribution in [0.1, 0.15) is 0 Å². The Labute approximate surface area is 89.2 Å². The number of hydrogen-bond acceptors (Lipinski definition) is 3. The van der Waals surface area contributed by atoms with Crippen LogP contribution in [0.2, 0.25) is 0 Å². The predicted octanol–water partition coefficient (Wildman–Crippen LogP) is 1.51. The Morgan fingerprint density at radius 2 is 1.31 bits per heavy atom. The molecule has 80 valence electrons. The molecule has 0 rings (SSSR count). The highest BCUT2D eigenvalue weighted by Gasteiger charge is 2.09. The van der Waals surface area contributed by atoms with Gasteiger partial charge in [0, 0.05) is 14.2 Å². The summed E-state index contributed by atoms with van der Waals surface area (Å²) in [6.07, 6.45) is -0.121. The summed E-state index contributed by atoms with van der Waals surface area (Å²) in [7, 11) is 3.21. The third-order valence-electron chi connectivity index (χ3n) is 1.62. The topological polar surface area (TPSA) is 27.7 Å². The third-order valence-corrected chi connectivity index (χ3v) is 2.31. The Bertz CT molecular complexity index is 93.6. The first kappa shape index (κ1) is 13.5. The smallest absolute Gasteiger partial charge is 0.0939 e.